The maximum Gasteiger partial charge on any atom is 0.200 e. The number of aromatic hydroxyl groups is 2. The number of phenols is 2. The number of carbonyl (C=O) groups excluding carboxylic acids is 2. The summed E-state index contributed by atoms with van der Waals surface area (Å²) in [6, 6.07) is 7.28. The molecule has 2 aromatic rings. The van der Waals surface area contributed by atoms with Crippen molar-refractivity contribution in [3.63, 3.8) is 0 Å². The third-order valence-corrected chi connectivity index (χ3v) is 6.34. The summed E-state index contributed by atoms with van der Waals surface area (Å²) in [6.45, 7) is 20.0. The van der Waals surface area contributed by atoms with Crippen LogP contribution in [0.1, 0.15) is 120 Å². The Bertz CT molecular complexity index is 1090. The molecule has 0 amide bonds. The minimum absolute atomic E-state index is 0.0474. The summed E-state index contributed by atoms with van der Waals surface area (Å²) in [4.78, 5) is 25.8. The van der Waals surface area contributed by atoms with Crippen LogP contribution in [0.4, 0.5) is 0 Å². The zero-order valence-corrected chi connectivity index (χ0v) is 22.6. The second-order valence-corrected chi connectivity index (χ2v) is 12.4. The lowest BCUT2D eigenvalue weighted by atomic mass is 9.77. The fourth-order valence-electron chi connectivity index (χ4n) is 4.00. The number of hydrogen-bond donors (Lipinski definition) is 2. The average Bonchev–Trinajstić information content (AvgIpc) is 2.69. The van der Waals surface area contributed by atoms with Crippen molar-refractivity contribution in [3.8, 4) is 11.5 Å². The van der Waals surface area contributed by atoms with Gasteiger partial charge in [-0.3, -0.25) is 9.59 Å². The molecule has 0 aliphatic heterocycles. The average molecular weight is 467 g/mol. The van der Waals surface area contributed by atoms with Crippen molar-refractivity contribution in [2.75, 3.05) is 0 Å². The molecule has 0 heterocycles. The third-order valence-electron chi connectivity index (χ3n) is 6.34. The standard InChI is InChI=1S/C30H42O4/c1-11-20(31)13-12-18-14-21(26(33)23(15-18)29(5,6)7)25(32)22-16-19(28(2,3)4)17-24(27(22)34)30(8,9)10/h14-17,33-34H,11-13H2,1-10H3. The van der Waals surface area contributed by atoms with E-state index in [-0.39, 0.29) is 39.2 Å². The van der Waals surface area contributed by atoms with Crippen LogP contribution in [0, 0.1) is 0 Å². The Morgan fingerprint density at radius 3 is 1.62 bits per heavy atom. The lowest BCUT2D eigenvalue weighted by molar-refractivity contribution is -0.118. The number of hydrogen-bond acceptors (Lipinski definition) is 4. The molecule has 0 spiro atoms. The van der Waals surface area contributed by atoms with Crippen LogP contribution in [-0.2, 0) is 27.5 Å². The van der Waals surface area contributed by atoms with E-state index in [1.54, 1.807) is 12.1 Å². The van der Waals surface area contributed by atoms with Gasteiger partial charge in [-0.15, -0.1) is 0 Å². The van der Waals surface area contributed by atoms with Gasteiger partial charge in [-0.1, -0.05) is 81.4 Å². The number of Topliss-reactive ketones (excluding diaryl/α,β-unsaturated/α-hetero) is 1. The van der Waals surface area contributed by atoms with E-state index < -0.39 is 11.2 Å². The summed E-state index contributed by atoms with van der Waals surface area (Å²) in [6.07, 6.45) is 1.36. The summed E-state index contributed by atoms with van der Waals surface area (Å²) in [5, 5.41) is 22.4. The summed E-state index contributed by atoms with van der Waals surface area (Å²) in [5.41, 5.74) is 2.46. The van der Waals surface area contributed by atoms with Crippen molar-refractivity contribution in [1.82, 2.24) is 0 Å². The Balaban J connectivity index is 2.78. The molecule has 0 aliphatic carbocycles. The van der Waals surface area contributed by atoms with E-state index in [1.807, 2.05) is 60.6 Å². The Morgan fingerprint density at radius 2 is 1.18 bits per heavy atom. The van der Waals surface area contributed by atoms with Crippen molar-refractivity contribution >= 4 is 11.6 Å². The molecule has 0 fully saturated rings. The fraction of sp³-hybridized carbons (Fsp3) is 0.533. The first-order valence-corrected chi connectivity index (χ1v) is 12.2. The minimum atomic E-state index is -0.416. The van der Waals surface area contributed by atoms with E-state index >= 15 is 0 Å². The van der Waals surface area contributed by atoms with Crippen molar-refractivity contribution in [2.45, 2.75) is 105 Å². The van der Waals surface area contributed by atoms with Crippen LogP contribution in [0.25, 0.3) is 0 Å². The maximum absolute atomic E-state index is 13.9. The summed E-state index contributed by atoms with van der Waals surface area (Å²) in [5.74, 6) is -0.376. The van der Waals surface area contributed by atoms with E-state index in [4.69, 9.17) is 0 Å². The Kier molecular flexibility index (Phi) is 7.77. The minimum Gasteiger partial charge on any atom is -0.507 e. The van der Waals surface area contributed by atoms with Crippen molar-refractivity contribution in [1.29, 1.82) is 0 Å². The van der Waals surface area contributed by atoms with Crippen LogP contribution < -0.4 is 0 Å². The van der Waals surface area contributed by atoms with Gasteiger partial charge in [0, 0.05) is 24.0 Å². The van der Waals surface area contributed by atoms with E-state index in [2.05, 4.69) is 20.8 Å². The van der Waals surface area contributed by atoms with Crippen LogP contribution in [-0.4, -0.2) is 21.8 Å². The highest BCUT2D eigenvalue weighted by atomic mass is 16.3. The molecule has 0 radical (unpaired) electrons. The molecule has 2 N–H and O–H groups in total. The Hall–Kier alpha value is -2.62. The number of carbonyl (C=O) groups is 2. The molecular weight excluding hydrogens is 424 g/mol. The molecule has 0 saturated carbocycles. The van der Waals surface area contributed by atoms with Crippen LogP contribution in [0.3, 0.4) is 0 Å². The predicted octanol–water partition coefficient (Wildman–Crippen LogP) is 7.13. The molecule has 0 atom stereocenters. The second kappa shape index (κ2) is 9.56. The maximum atomic E-state index is 13.9. The van der Waals surface area contributed by atoms with Gasteiger partial charge in [0.1, 0.15) is 17.3 Å². The fourth-order valence-corrected chi connectivity index (χ4v) is 4.00. The largest absolute Gasteiger partial charge is 0.507 e. The van der Waals surface area contributed by atoms with Crippen molar-refractivity contribution in [3.05, 3.63) is 57.6 Å². The van der Waals surface area contributed by atoms with Gasteiger partial charge in [-0.25, -0.2) is 0 Å². The summed E-state index contributed by atoms with van der Waals surface area (Å²) < 4.78 is 0. The normalized spacial score (nSPS) is 12.6. The van der Waals surface area contributed by atoms with Gasteiger partial charge < -0.3 is 10.2 Å². The Morgan fingerprint density at radius 1 is 0.706 bits per heavy atom. The first-order valence-electron chi connectivity index (χ1n) is 12.2. The second-order valence-electron chi connectivity index (χ2n) is 12.4. The van der Waals surface area contributed by atoms with Gasteiger partial charge in [-0.2, -0.15) is 0 Å². The highest BCUT2D eigenvalue weighted by Crippen LogP contribution is 2.41. The molecule has 4 nitrogen and oxygen atoms in total. The molecule has 186 valence electrons. The molecule has 0 unspecified atom stereocenters. The Labute approximate surface area is 205 Å². The van der Waals surface area contributed by atoms with Gasteiger partial charge in [0.2, 0.25) is 5.78 Å². The van der Waals surface area contributed by atoms with Crippen LogP contribution in [0.5, 0.6) is 11.5 Å². The van der Waals surface area contributed by atoms with Crippen LogP contribution in [0.2, 0.25) is 0 Å². The first-order chi connectivity index (χ1) is 15.4. The molecule has 0 bridgehead atoms. The van der Waals surface area contributed by atoms with E-state index in [9.17, 15) is 19.8 Å². The molecule has 4 heteroatoms. The van der Waals surface area contributed by atoms with E-state index in [1.165, 1.54) is 0 Å². The zero-order valence-electron chi connectivity index (χ0n) is 22.6. The van der Waals surface area contributed by atoms with E-state index in [0.717, 1.165) is 11.1 Å². The molecule has 0 aliphatic rings. The smallest absolute Gasteiger partial charge is 0.200 e. The monoisotopic (exact) mass is 466 g/mol. The van der Waals surface area contributed by atoms with E-state index in [0.29, 0.717) is 30.4 Å². The van der Waals surface area contributed by atoms with Crippen molar-refractivity contribution < 1.29 is 19.8 Å². The molecule has 0 saturated heterocycles. The lowest BCUT2D eigenvalue weighted by Gasteiger charge is -2.28. The van der Waals surface area contributed by atoms with Crippen LogP contribution in [0.15, 0.2) is 24.3 Å². The van der Waals surface area contributed by atoms with Gasteiger partial charge >= 0.3 is 0 Å². The SMILES string of the molecule is CCC(=O)CCc1cc(C(=O)c2cc(C(C)(C)C)cc(C(C)(C)C)c2O)c(O)c(C(C)(C)C)c1. The zero-order chi connectivity index (χ0) is 26.2. The topological polar surface area (TPSA) is 74.6 Å². The molecular formula is C30H42O4. The highest BCUT2D eigenvalue weighted by molar-refractivity contribution is 6.13. The molecule has 0 aromatic heterocycles. The molecule has 34 heavy (non-hydrogen) atoms. The summed E-state index contributed by atoms with van der Waals surface area (Å²) >= 11 is 0. The number of phenolic OH excluding ortho intramolecular Hbond substituents is 2. The number of ketones is 2. The number of aryl methyl sites for hydroxylation is 1. The van der Waals surface area contributed by atoms with Gasteiger partial charge in [0.25, 0.3) is 0 Å². The number of rotatable bonds is 6. The third kappa shape index (κ3) is 6.08. The molecule has 2 aromatic carbocycles. The van der Waals surface area contributed by atoms with Gasteiger partial charge in [0.05, 0.1) is 11.1 Å². The highest BCUT2D eigenvalue weighted by Gasteiger charge is 2.30. The first kappa shape index (κ1) is 27.6. The predicted molar refractivity (Wildman–Crippen MR) is 139 cm³/mol. The summed E-state index contributed by atoms with van der Waals surface area (Å²) in [7, 11) is 0. The molecule has 2 rings (SSSR count). The number of benzene rings is 2. The van der Waals surface area contributed by atoms with Gasteiger partial charge in [0.15, 0.2) is 0 Å². The lowest BCUT2D eigenvalue weighted by Crippen LogP contribution is -2.19. The van der Waals surface area contributed by atoms with Crippen LogP contribution >= 0.6 is 0 Å². The van der Waals surface area contributed by atoms with Gasteiger partial charge in [-0.05, 0) is 45.9 Å². The quantitative estimate of drug-likeness (QED) is 0.444. The van der Waals surface area contributed by atoms with Crippen molar-refractivity contribution in [2.24, 2.45) is 0 Å².